The molecule has 1 aromatic heterocycles. The van der Waals surface area contributed by atoms with Crippen molar-refractivity contribution in [2.45, 2.75) is 6.92 Å². The van der Waals surface area contributed by atoms with Gasteiger partial charge < -0.3 is 5.11 Å². The van der Waals surface area contributed by atoms with E-state index in [9.17, 15) is 5.11 Å². The van der Waals surface area contributed by atoms with Crippen LogP contribution in [0.3, 0.4) is 0 Å². The van der Waals surface area contributed by atoms with Crippen LogP contribution in [0.15, 0.2) is 36.9 Å². The summed E-state index contributed by atoms with van der Waals surface area (Å²) in [6.45, 7) is 6.36. The van der Waals surface area contributed by atoms with Gasteiger partial charge in [-0.3, -0.25) is 5.32 Å². The molecule has 19 heavy (non-hydrogen) atoms. The van der Waals surface area contributed by atoms with Gasteiger partial charge in [0, 0.05) is 16.3 Å². The van der Waals surface area contributed by atoms with E-state index in [2.05, 4.69) is 16.9 Å². The van der Waals surface area contributed by atoms with Crippen molar-refractivity contribution in [2.75, 3.05) is 11.9 Å². The van der Waals surface area contributed by atoms with Gasteiger partial charge in [-0.25, -0.2) is 4.98 Å². The number of H-pyrrole nitrogens is 1. The SMILES string of the molecule is C=CCNc1[nH+]c2c(s1)c(C)c(O)c1ccccc12. The maximum atomic E-state index is 10.3. The van der Waals surface area contributed by atoms with Crippen molar-refractivity contribution in [1.29, 1.82) is 0 Å². The Morgan fingerprint density at radius 1 is 1.37 bits per heavy atom. The Morgan fingerprint density at radius 2 is 2.11 bits per heavy atom. The van der Waals surface area contributed by atoms with Crippen LogP contribution in [0.25, 0.3) is 21.0 Å². The Balaban J connectivity index is 2.33. The average molecular weight is 271 g/mol. The standard InChI is InChI=1S/C15H14N2OS/c1-3-8-16-15-17-12-10-6-4-5-7-11(10)13(18)9(2)14(12)19-15/h3-7,18H,1,8H2,2H3,(H,16,17)/p+1. The smallest absolute Gasteiger partial charge is 0.332 e. The average Bonchev–Trinajstić information content (AvgIpc) is 2.87. The fourth-order valence-corrected chi connectivity index (χ4v) is 3.29. The van der Waals surface area contributed by atoms with Crippen LogP contribution in [0.5, 0.6) is 5.75 Å². The number of aromatic amines is 1. The summed E-state index contributed by atoms with van der Waals surface area (Å²) in [6.07, 6.45) is 1.82. The molecule has 0 aliphatic carbocycles. The zero-order chi connectivity index (χ0) is 13.4. The van der Waals surface area contributed by atoms with Gasteiger partial charge in [0.1, 0.15) is 12.3 Å². The minimum absolute atomic E-state index is 0.369. The highest BCUT2D eigenvalue weighted by Gasteiger charge is 2.17. The first-order valence-electron chi connectivity index (χ1n) is 6.13. The van der Waals surface area contributed by atoms with Gasteiger partial charge in [-0.2, -0.15) is 0 Å². The van der Waals surface area contributed by atoms with Crippen molar-refractivity contribution >= 4 is 37.5 Å². The van der Waals surface area contributed by atoms with Crippen LogP contribution < -0.4 is 10.3 Å². The summed E-state index contributed by atoms with van der Waals surface area (Å²) in [6, 6.07) is 7.90. The molecule has 0 atom stereocenters. The fraction of sp³-hybridized carbons (Fsp3) is 0.133. The maximum absolute atomic E-state index is 10.3. The lowest BCUT2D eigenvalue weighted by atomic mass is 10.0. The van der Waals surface area contributed by atoms with E-state index in [1.54, 1.807) is 11.3 Å². The van der Waals surface area contributed by atoms with Crippen LogP contribution >= 0.6 is 11.3 Å². The van der Waals surface area contributed by atoms with Crippen LogP contribution in [-0.4, -0.2) is 11.7 Å². The van der Waals surface area contributed by atoms with Gasteiger partial charge in [0.25, 0.3) is 0 Å². The number of rotatable bonds is 3. The van der Waals surface area contributed by atoms with Gasteiger partial charge in [0.05, 0.1) is 4.70 Å². The molecule has 2 aromatic carbocycles. The van der Waals surface area contributed by atoms with E-state index in [0.29, 0.717) is 12.3 Å². The van der Waals surface area contributed by atoms with Gasteiger partial charge in [-0.15, -0.1) is 0 Å². The van der Waals surface area contributed by atoms with E-state index in [4.69, 9.17) is 0 Å². The normalized spacial score (nSPS) is 11.0. The molecule has 0 aliphatic heterocycles. The topological polar surface area (TPSA) is 46.4 Å². The van der Waals surface area contributed by atoms with Crippen LogP contribution in [0.4, 0.5) is 5.13 Å². The Hall–Kier alpha value is -2.07. The highest BCUT2D eigenvalue weighted by molar-refractivity contribution is 7.22. The number of aromatic nitrogens is 1. The second-order valence-electron chi connectivity index (χ2n) is 4.45. The second kappa shape index (κ2) is 4.55. The number of phenolic OH excluding ortho intramolecular Hbond substituents is 1. The summed E-state index contributed by atoms with van der Waals surface area (Å²) in [5, 5.41) is 16.5. The molecule has 0 aliphatic rings. The van der Waals surface area contributed by atoms with Crippen LogP contribution in [0, 0.1) is 6.92 Å². The van der Waals surface area contributed by atoms with E-state index in [1.807, 2.05) is 37.3 Å². The molecule has 0 radical (unpaired) electrons. The van der Waals surface area contributed by atoms with Gasteiger partial charge in [-0.05, 0) is 24.3 Å². The zero-order valence-electron chi connectivity index (χ0n) is 10.7. The Labute approximate surface area is 115 Å². The molecule has 0 amide bonds. The molecule has 0 saturated heterocycles. The number of nitrogens with one attached hydrogen (secondary N) is 2. The molecule has 3 nitrogen and oxygen atoms in total. The largest absolute Gasteiger partial charge is 0.507 e. The third-order valence-corrected chi connectivity index (χ3v) is 4.39. The zero-order valence-corrected chi connectivity index (χ0v) is 11.5. The third-order valence-electron chi connectivity index (χ3n) is 3.22. The van der Waals surface area contributed by atoms with Crippen LogP contribution in [0.1, 0.15) is 5.56 Å². The summed E-state index contributed by atoms with van der Waals surface area (Å²) in [4.78, 5) is 3.39. The van der Waals surface area contributed by atoms with E-state index in [1.165, 1.54) is 0 Å². The minimum Gasteiger partial charge on any atom is -0.507 e. The Morgan fingerprint density at radius 3 is 2.84 bits per heavy atom. The van der Waals surface area contributed by atoms with Crippen molar-refractivity contribution in [3.8, 4) is 5.75 Å². The molecule has 3 N–H and O–H groups in total. The number of fused-ring (bicyclic) bond motifs is 3. The van der Waals surface area contributed by atoms with E-state index in [0.717, 1.165) is 31.7 Å². The number of anilines is 1. The number of phenols is 1. The summed E-state index contributed by atoms with van der Waals surface area (Å²) in [5.41, 5.74) is 1.99. The first kappa shape index (κ1) is 12.0. The molecule has 3 aromatic rings. The molecule has 0 fully saturated rings. The molecule has 96 valence electrons. The predicted molar refractivity (Wildman–Crippen MR) is 81.0 cm³/mol. The monoisotopic (exact) mass is 271 g/mol. The summed E-state index contributed by atoms with van der Waals surface area (Å²) >= 11 is 1.62. The van der Waals surface area contributed by atoms with E-state index < -0.39 is 0 Å². The maximum Gasteiger partial charge on any atom is 0.332 e. The van der Waals surface area contributed by atoms with Gasteiger partial charge in [0.2, 0.25) is 0 Å². The molecular formula is C15H15N2OS+. The number of hydrogen-bond acceptors (Lipinski definition) is 3. The molecule has 1 heterocycles. The number of aromatic hydroxyl groups is 1. The van der Waals surface area contributed by atoms with Crippen LogP contribution in [0.2, 0.25) is 0 Å². The lowest BCUT2D eigenvalue weighted by molar-refractivity contribution is -0.320. The van der Waals surface area contributed by atoms with E-state index >= 15 is 0 Å². The predicted octanol–water partition coefficient (Wildman–Crippen LogP) is 3.48. The minimum atomic E-state index is 0.369. The van der Waals surface area contributed by atoms with E-state index in [-0.39, 0.29) is 0 Å². The number of benzene rings is 2. The quantitative estimate of drug-likeness (QED) is 0.716. The van der Waals surface area contributed by atoms with Crippen molar-refractivity contribution in [3.63, 3.8) is 0 Å². The van der Waals surface area contributed by atoms with Crippen molar-refractivity contribution in [3.05, 3.63) is 42.5 Å². The number of thiazole rings is 1. The third kappa shape index (κ3) is 1.85. The summed E-state index contributed by atoms with van der Waals surface area (Å²) < 4.78 is 1.09. The van der Waals surface area contributed by atoms with Gasteiger partial charge >= 0.3 is 5.13 Å². The summed E-state index contributed by atoms with van der Waals surface area (Å²) in [7, 11) is 0. The van der Waals surface area contributed by atoms with Crippen LogP contribution in [-0.2, 0) is 0 Å². The second-order valence-corrected chi connectivity index (χ2v) is 5.47. The van der Waals surface area contributed by atoms with Crippen molar-refractivity contribution in [1.82, 2.24) is 0 Å². The van der Waals surface area contributed by atoms with Gasteiger partial charge in [-0.1, -0.05) is 30.9 Å². The van der Waals surface area contributed by atoms with Crippen molar-refractivity contribution in [2.24, 2.45) is 0 Å². The highest BCUT2D eigenvalue weighted by atomic mass is 32.1. The number of aryl methyl sites for hydroxylation is 1. The molecule has 0 saturated carbocycles. The molecule has 3 rings (SSSR count). The first-order valence-corrected chi connectivity index (χ1v) is 6.95. The molecule has 4 heteroatoms. The first-order chi connectivity index (χ1) is 9.22. The number of hydrogen-bond donors (Lipinski definition) is 2. The molecular weight excluding hydrogens is 256 g/mol. The molecule has 0 unspecified atom stereocenters. The summed E-state index contributed by atoms with van der Waals surface area (Å²) in [5.74, 6) is 0.369. The van der Waals surface area contributed by atoms with Crippen molar-refractivity contribution < 1.29 is 10.1 Å². The Kier molecular flexibility index (Phi) is 2.87. The highest BCUT2D eigenvalue weighted by Crippen LogP contribution is 2.38. The Bertz CT molecular complexity index is 777. The molecule has 0 spiro atoms. The lowest BCUT2D eigenvalue weighted by Gasteiger charge is -2.04. The lowest BCUT2D eigenvalue weighted by Crippen LogP contribution is -2.08. The fourth-order valence-electron chi connectivity index (χ4n) is 2.26. The molecule has 0 bridgehead atoms. The van der Waals surface area contributed by atoms with Gasteiger partial charge in [0.15, 0.2) is 5.52 Å².